The Hall–Kier alpha value is -1.95. The molecule has 0 aromatic heterocycles. The number of nitrogens with zero attached hydrogens (tertiary/aromatic N) is 2. The number of rotatable bonds is 6. The van der Waals surface area contributed by atoms with Crippen molar-refractivity contribution in [3.05, 3.63) is 23.8 Å². The Bertz CT molecular complexity index is 533. The molecule has 1 heterocycles. The Morgan fingerprint density at radius 1 is 1.26 bits per heavy atom. The number of methoxy groups -OCH3 is 2. The molecule has 23 heavy (non-hydrogen) atoms. The van der Waals surface area contributed by atoms with E-state index in [0.717, 1.165) is 37.4 Å². The SMILES string of the molecule is COc1ccc(C2CCCN2CCOC(=O)N(C)C)cc1OC. The number of benzene rings is 1. The molecule has 0 bridgehead atoms. The molecule has 0 spiro atoms. The molecule has 6 heteroatoms. The van der Waals surface area contributed by atoms with Crippen LogP contribution in [0.5, 0.6) is 11.5 Å². The van der Waals surface area contributed by atoms with Crippen molar-refractivity contribution in [2.45, 2.75) is 18.9 Å². The number of hydrogen-bond donors (Lipinski definition) is 0. The standard InChI is InChI=1S/C17H26N2O4/c1-18(2)17(20)23-11-10-19-9-5-6-14(19)13-7-8-15(21-3)16(12-13)22-4/h7-8,12,14H,5-6,9-11H2,1-4H3. The van der Waals surface area contributed by atoms with Gasteiger partial charge in [-0.05, 0) is 37.1 Å². The van der Waals surface area contributed by atoms with Crippen molar-refractivity contribution in [1.29, 1.82) is 0 Å². The van der Waals surface area contributed by atoms with Crippen LogP contribution in [0.2, 0.25) is 0 Å². The molecule has 1 atom stereocenters. The fourth-order valence-electron chi connectivity index (χ4n) is 2.91. The lowest BCUT2D eigenvalue weighted by molar-refractivity contribution is 0.101. The minimum absolute atomic E-state index is 0.299. The number of ether oxygens (including phenoxy) is 3. The molecule has 1 aliphatic heterocycles. The Morgan fingerprint density at radius 3 is 2.65 bits per heavy atom. The van der Waals surface area contributed by atoms with Crippen LogP contribution >= 0.6 is 0 Å². The Balaban J connectivity index is 1.99. The topological polar surface area (TPSA) is 51.2 Å². The van der Waals surface area contributed by atoms with E-state index < -0.39 is 0 Å². The lowest BCUT2D eigenvalue weighted by Crippen LogP contribution is -2.30. The summed E-state index contributed by atoms with van der Waals surface area (Å²) in [6, 6.07) is 6.38. The van der Waals surface area contributed by atoms with Gasteiger partial charge in [-0.2, -0.15) is 0 Å². The van der Waals surface area contributed by atoms with Crippen molar-refractivity contribution in [3.63, 3.8) is 0 Å². The normalized spacial score (nSPS) is 17.8. The molecular weight excluding hydrogens is 296 g/mol. The highest BCUT2D eigenvalue weighted by molar-refractivity contribution is 5.66. The van der Waals surface area contributed by atoms with Crippen LogP contribution in [-0.2, 0) is 4.74 Å². The second kappa shape index (κ2) is 8.06. The largest absolute Gasteiger partial charge is 0.493 e. The van der Waals surface area contributed by atoms with Crippen LogP contribution in [0.3, 0.4) is 0 Å². The molecule has 0 aliphatic carbocycles. The predicted octanol–water partition coefficient (Wildman–Crippen LogP) is 2.54. The molecule has 0 saturated carbocycles. The summed E-state index contributed by atoms with van der Waals surface area (Å²) in [5, 5.41) is 0. The van der Waals surface area contributed by atoms with E-state index >= 15 is 0 Å². The average Bonchev–Trinajstić information content (AvgIpc) is 3.02. The van der Waals surface area contributed by atoms with Crippen LogP contribution in [-0.4, -0.2) is 63.9 Å². The van der Waals surface area contributed by atoms with Crippen molar-refractivity contribution >= 4 is 6.09 Å². The van der Waals surface area contributed by atoms with Gasteiger partial charge in [0.2, 0.25) is 0 Å². The van der Waals surface area contributed by atoms with E-state index in [4.69, 9.17) is 14.2 Å². The first-order valence-corrected chi connectivity index (χ1v) is 7.87. The van der Waals surface area contributed by atoms with E-state index in [1.807, 2.05) is 12.1 Å². The van der Waals surface area contributed by atoms with Crippen LogP contribution in [0.25, 0.3) is 0 Å². The summed E-state index contributed by atoms with van der Waals surface area (Å²) >= 11 is 0. The molecule has 1 saturated heterocycles. The van der Waals surface area contributed by atoms with Gasteiger partial charge in [0.15, 0.2) is 11.5 Å². The highest BCUT2D eigenvalue weighted by Gasteiger charge is 2.26. The van der Waals surface area contributed by atoms with E-state index in [2.05, 4.69) is 11.0 Å². The van der Waals surface area contributed by atoms with Crippen LogP contribution in [0.15, 0.2) is 18.2 Å². The first kappa shape index (κ1) is 17.4. The second-order valence-corrected chi connectivity index (χ2v) is 5.82. The van der Waals surface area contributed by atoms with Gasteiger partial charge in [0.05, 0.1) is 14.2 Å². The minimum atomic E-state index is -0.299. The molecule has 128 valence electrons. The number of amides is 1. The molecule has 2 rings (SSSR count). The summed E-state index contributed by atoms with van der Waals surface area (Å²) in [4.78, 5) is 15.3. The summed E-state index contributed by atoms with van der Waals surface area (Å²) in [6.07, 6.45) is 1.93. The third kappa shape index (κ3) is 4.28. The van der Waals surface area contributed by atoms with Gasteiger partial charge in [0, 0.05) is 26.7 Å². The summed E-state index contributed by atoms with van der Waals surface area (Å²) in [5.41, 5.74) is 1.21. The maximum Gasteiger partial charge on any atom is 0.409 e. The van der Waals surface area contributed by atoms with Crippen LogP contribution in [0.1, 0.15) is 24.4 Å². The number of carbonyl (C=O) groups excluding carboxylic acids is 1. The third-order valence-electron chi connectivity index (χ3n) is 4.13. The molecular formula is C17H26N2O4. The fourth-order valence-corrected chi connectivity index (χ4v) is 2.91. The minimum Gasteiger partial charge on any atom is -0.493 e. The predicted molar refractivity (Wildman–Crippen MR) is 88.1 cm³/mol. The van der Waals surface area contributed by atoms with Crippen molar-refractivity contribution in [2.24, 2.45) is 0 Å². The van der Waals surface area contributed by atoms with E-state index in [0.29, 0.717) is 12.6 Å². The van der Waals surface area contributed by atoms with Gasteiger partial charge in [-0.25, -0.2) is 4.79 Å². The first-order chi connectivity index (χ1) is 11.1. The third-order valence-corrected chi connectivity index (χ3v) is 4.13. The summed E-state index contributed by atoms with van der Waals surface area (Å²) in [7, 11) is 6.66. The Labute approximate surface area is 137 Å². The number of hydrogen-bond acceptors (Lipinski definition) is 5. The lowest BCUT2D eigenvalue weighted by atomic mass is 10.0. The van der Waals surface area contributed by atoms with Gasteiger partial charge >= 0.3 is 6.09 Å². The molecule has 1 amide bonds. The molecule has 1 aliphatic rings. The van der Waals surface area contributed by atoms with E-state index in [-0.39, 0.29) is 6.09 Å². The summed E-state index contributed by atoms with van der Waals surface area (Å²) < 4.78 is 15.9. The first-order valence-electron chi connectivity index (χ1n) is 7.87. The molecule has 1 aromatic rings. The van der Waals surface area contributed by atoms with Crippen molar-refractivity contribution in [3.8, 4) is 11.5 Å². The molecule has 0 N–H and O–H groups in total. The zero-order valence-electron chi connectivity index (χ0n) is 14.4. The Kier molecular flexibility index (Phi) is 6.10. The van der Waals surface area contributed by atoms with Crippen LogP contribution in [0, 0.1) is 0 Å². The van der Waals surface area contributed by atoms with Gasteiger partial charge in [-0.3, -0.25) is 4.90 Å². The van der Waals surface area contributed by atoms with Crippen LogP contribution in [0.4, 0.5) is 4.79 Å². The van der Waals surface area contributed by atoms with Crippen molar-refractivity contribution in [1.82, 2.24) is 9.80 Å². The average molecular weight is 322 g/mol. The molecule has 1 fully saturated rings. The van der Waals surface area contributed by atoms with Gasteiger partial charge in [0.25, 0.3) is 0 Å². The smallest absolute Gasteiger partial charge is 0.409 e. The van der Waals surface area contributed by atoms with Gasteiger partial charge in [-0.15, -0.1) is 0 Å². The zero-order chi connectivity index (χ0) is 16.8. The van der Waals surface area contributed by atoms with Gasteiger partial charge in [-0.1, -0.05) is 6.07 Å². The highest BCUT2D eigenvalue weighted by Crippen LogP contribution is 2.36. The molecule has 0 radical (unpaired) electrons. The summed E-state index contributed by atoms with van der Waals surface area (Å²) in [6.45, 7) is 2.15. The number of likely N-dealkylation sites (tertiary alicyclic amines) is 1. The lowest BCUT2D eigenvalue weighted by Gasteiger charge is -2.25. The maximum atomic E-state index is 11.5. The molecule has 6 nitrogen and oxygen atoms in total. The summed E-state index contributed by atoms with van der Waals surface area (Å²) in [5.74, 6) is 1.48. The maximum absolute atomic E-state index is 11.5. The van der Waals surface area contributed by atoms with E-state index in [9.17, 15) is 4.79 Å². The fraction of sp³-hybridized carbons (Fsp3) is 0.588. The van der Waals surface area contributed by atoms with Crippen molar-refractivity contribution in [2.75, 3.05) is 48.0 Å². The van der Waals surface area contributed by atoms with Gasteiger partial charge < -0.3 is 19.1 Å². The van der Waals surface area contributed by atoms with Crippen molar-refractivity contribution < 1.29 is 19.0 Å². The molecule has 1 unspecified atom stereocenters. The monoisotopic (exact) mass is 322 g/mol. The zero-order valence-corrected chi connectivity index (χ0v) is 14.4. The Morgan fingerprint density at radius 2 is 2.00 bits per heavy atom. The quantitative estimate of drug-likeness (QED) is 0.805. The highest BCUT2D eigenvalue weighted by atomic mass is 16.6. The number of carbonyl (C=O) groups is 1. The van der Waals surface area contributed by atoms with E-state index in [1.54, 1.807) is 28.3 Å². The second-order valence-electron chi connectivity index (χ2n) is 5.82. The molecule has 1 aromatic carbocycles. The van der Waals surface area contributed by atoms with Gasteiger partial charge in [0.1, 0.15) is 6.61 Å². The van der Waals surface area contributed by atoms with E-state index in [1.165, 1.54) is 10.5 Å². The van der Waals surface area contributed by atoms with Crippen LogP contribution < -0.4 is 9.47 Å².